The van der Waals surface area contributed by atoms with Crippen LogP contribution in [-0.2, 0) is 16.1 Å². The Kier molecular flexibility index (Phi) is 8.25. The Hall–Kier alpha value is -3.16. The molecule has 2 N–H and O–H groups in total. The summed E-state index contributed by atoms with van der Waals surface area (Å²) in [6.07, 6.45) is 2.12. The fraction of sp³-hybridized carbons (Fsp3) is 0.520. The SMILES string of the molecule is CCOC(=O)C1CCN(c2c(NCc3ccc(C(=O)NCCC(C)C)cc3)c(=O)c2=O)CC1. The molecule has 0 bridgehead atoms. The van der Waals surface area contributed by atoms with Crippen molar-refractivity contribution in [1.29, 1.82) is 0 Å². The summed E-state index contributed by atoms with van der Waals surface area (Å²) in [5.41, 5.74) is 1.21. The van der Waals surface area contributed by atoms with Gasteiger partial charge in [-0.25, -0.2) is 0 Å². The molecule has 178 valence electrons. The van der Waals surface area contributed by atoms with Crippen molar-refractivity contribution in [2.75, 3.05) is 36.5 Å². The quantitative estimate of drug-likeness (QED) is 0.419. The number of nitrogens with zero attached hydrogens (tertiary/aromatic N) is 1. The Morgan fingerprint density at radius 2 is 1.76 bits per heavy atom. The van der Waals surface area contributed by atoms with Crippen molar-refractivity contribution in [2.24, 2.45) is 11.8 Å². The van der Waals surface area contributed by atoms with Crippen molar-refractivity contribution in [1.82, 2.24) is 5.32 Å². The lowest BCUT2D eigenvalue weighted by Gasteiger charge is -2.34. The molecule has 1 fully saturated rings. The molecule has 2 aromatic carbocycles. The second-order valence-corrected chi connectivity index (χ2v) is 8.88. The van der Waals surface area contributed by atoms with Crippen molar-refractivity contribution >= 4 is 23.3 Å². The number of hydrogen-bond acceptors (Lipinski definition) is 7. The average Bonchev–Trinajstić information content (AvgIpc) is 2.81. The fourth-order valence-electron chi connectivity index (χ4n) is 3.99. The summed E-state index contributed by atoms with van der Waals surface area (Å²) >= 11 is 0. The fourth-order valence-corrected chi connectivity index (χ4v) is 3.99. The molecule has 0 atom stereocenters. The van der Waals surface area contributed by atoms with Gasteiger partial charge >= 0.3 is 5.97 Å². The van der Waals surface area contributed by atoms with E-state index in [9.17, 15) is 19.2 Å². The van der Waals surface area contributed by atoms with E-state index in [1.165, 1.54) is 0 Å². The standard InChI is InChI=1S/C25H33N3O5/c1-4-33-25(32)19-10-13-28(14-11-19)21-20(22(29)23(21)30)27-15-17-5-7-18(8-6-17)24(31)26-12-9-16(2)3/h5-8,16,19,27H,4,9-15H2,1-3H3,(H,26,31). The van der Waals surface area contributed by atoms with Gasteiger partial charge in [0.1, 0.15) is 11.4 Å². The molecule has 0 spiro atoms. The van der Waals surface area contributed by atoms with Gasteiger partial charge in [0.2, 0.25) is 0 Å². The van der Waals surface area contributed by atoms with Gasteiger partial charge in [-0.05, 0) is 49.8 Å². The van der Waals surface area contributed by atoms with Crippen molar-refractivity contribution < 1.29 is 14.3 Å². The molecule has 0 aliphatic carbocycles. The van der Waals surface area contributed by atoms with Crippen molar-refractivity contribution in [2.45, 2.75) is 46.6 Å². The van der Waals surface area contributed by atoms with Gasteiger partial charge in [-0.15, -0.1) is 0 Å². The lowest BCUT2D eigenvalue weighted by molar-refractivity contribution is -0.148. The minimum atomic E-state index is -0.515. The summed E-state index contributed by atoms with van der Waals surface area (Å²) in [6.45, 7) is 8.44. The number of carbonyl (C=O) groups is 2. The van der Waals surface area contributed by atoms with E-state index < -0.39 is 10.9 Å². The van der Waals surface area contributed by atoms with Crippen LogP contribution in [0.4, 0.5) is 11.4 Å². The third kappa shape index (κ3) is 6.00. The van der Waals surface area contributed by atoms with Crippen molar-refractivity contribution in [3.8, 4) is 0 Å². The first-order valence-electron chi connectivity index (χ1n) is 11.7. The van der Waals surface area contributed by atoms with Crippen LogP contribution in [0.3, 0.4) is 0 Å². The molecule has 0 saturated carbocycles. The highest BCUT2D eigenvalue weighted by molar-refractivity contribution is 5.94. The maximum absolute atomic E-state index is 12.2. The topological polar surface area (TPSA) is 105 Å². The summed E-state index contributed by atoms with van der Waals surface area (Å²) < 4.78 is 5.09. The Bertz CT molecular complexity index is 1030. The second kappa shape index (κ2) is 11.1. The van der Waals surface area contributed by atoms with Gasteiger partial charge in [0.15, 0.2) is 0 Å². The minimum absolute atomic E-state index is 0.105. The smallest absolute Gasteiger partial charge is 0.309 e. The van der Waals surface area contributed by atoms with Crippen LogP contribution in [0, 0.1) is 11.8 Å². The number of benzene rings is 1. The van der Waals surface area contributed by atoms with Crippen molar-refractivity contribution in [3.63, 3.8) is 0 Å². The average molecular weight is 456 g/mol. The molecule has 1 amide bonds. The largest absolute Gasteiger partial charge is 0.466 e. The van der Waals surface area contributed by atoms with Gasteiger partial charge in [-0.1, -0.05) is 26.0 Å². The highest BCUT2D eigenvalue weighted by Crippen LogP contribution is 2.27. The van der Waals surface area contributed by atoms with E-state index in [0.29, 0.717) is 68.5 Å². The zero-order chi connectivity index (χ0) is 24.0. The summed E-state index contributed by atoms with van der Waals surface area (Å²) in [5, 5.41) is 6.00. The maximum atomic E-state index is 12.2. The third-order valence-electron chi connectivity index (χ3n) is 6.01. The molecule has 0 unspecified atom stereocenters. The number of amides is 1. The lowest BCUT2D eigenvalue weighted by Crippen LogP contribution is -2.46. The summed E-state index contributed by atoms with van der Waals surface area (Å²) in [5.74, 6) is 0.0665. The van der Waals surface area contributed by atoms with Crippen LogP contribution in [-0.4, -0.2) is 38.1 Å². The Labute approximate surface area is 194 Å². The van der Waals surface area contributed by atoms with Crippen LogP contribution in [0.2, 0.25) is 0 Å². The molecule has 0 radical (unpaired) electrons. The lowest BCUT2D eigenvalue weighted by atomic mass is 9.96. The number of esters is 1. The van der Waals surface area contributed by atoms with E-state index in [-0.39, 0.29) is 17.8 Å². The predicted molar refractivity (Wildman–Crippen MR) is 128 cm³/mol. The maximum Gasteiger partial charge on any atom is 0.309 e. The normalized spacial score (nSPS) is 14.5. The summed E-state index contributed by atoms with van der Waals surface area (Å²) in [4.78, 5) is 50.4. The number of hydrogen-bond donors (Lipinski definition) is 2. The minimum Gasteiger partial charge on any atom is -0.466 e. The first-order chi connectivity index (χ1) is 15.8. The predicted octanol–water partition coefficient (Wildman–Crippen LogP) is 2.45. The Balaban J connectivity index is 1.55. The number of piperidine rings is 1. The third-order valence-corrected chi connectivity index (χ3v) is 6.01. The van der Waals surface area contributed by atoms with E-state index >= 15 is 0 Å². The zero-order valence-electron chi connectivity index (χ0n) is 19.6. The number of carbonyl (C=O) groups excluding carboxylic acids is 2. The van der Waals surface area contributed by atoms with E-state index in [0.717, 1.165) is 12.0 Å². The highest BCUT2D eigenvalue weighted by Gasteiger charge is 2.31. The number of anilines is 2. The first kappa shape index (κ1) is 24.5. The van der Waals surface area contributed by atoms with E-state index in [1.807, 2.05) is 17.0 Å². The first-order valence-corrected chi connectivity index (χ1v) is 11.7. The van der Waals surface area contributed by atoms with E-state index in [1.54, 1.807) is 19.1 Å². The molecular formula is C25H33N3O5. The van der Waals surface area contributed by atoms with Crippen LogP contribution in [0.1, 0.15) is 56.0 Å². The molecule has 8 heteroatoms. The number of rotatable bonds is 10. The molecule has 33 heavy (non-hydrogen) atoms. The van der Waals surface area contributed by atoms with Crippen molar-refractivity contribution in [3.05, 3.63) is 55.8 Å². The molecule has 0 aromatic heterocycles. The zero-order valence-corrected chi connectivity index (χ0v) is 19.6. The molecule has 3 rings (SSSR count). The van der Waals surface area contributed by atoms with Gasteiger partial charge in [-0.2, -0.15) is 0 Å². The Morgan fingerprint density at radius 3 is 2.36 bits per heavy atom. The number of nitrogens with one attached hydrogen (secondary N) is 2. The van der Waals surface area contributed by atoms with Gasteiger partial charge in [0.05, 0.1) is 12.5 Å². The highest BCUT2D eigenvalue weighted by atomic mass is 16.5. The summed E-state index contributed by atoms with van der Waals surface area (Å²) in [7, 11) is 0. The Morgan fingerprint density at radius 1 is 1.09 bits per heavy atom. The summed E-state index contributed by atoms with van der Waals surface area (Å²) in [6, 6.07) is 7.18. The molecule has 1 saturated heterocycles. The van der Waals surface area contributed by atoms with Crippen LogP contribution in [0.5, 0.6) is 0 Å². The van der Waals surface area contributed by atoms with Gasteiger partial charge in [-0.3, -0.25) is 19.2 Å². The molecule has 8 nitrogen and oxygen atoms in total. The molecule has 1 aliphatic heterocycles. The van der Waals surface area contributed by atoms with E-state index in [4.69, 9.17) is 4.74 Å². The van der Waals surface area contributed by atoms with Gasteiger partial charge < -0.3 is 20.3 Å². The molecule has 2 aromatic rings. The molecule has 1 aliphatic rings. The molecule has 1 heterocycles. The van der Waals surface area contributed by atoms with Crippen LogP contribution in [0.15, 0.2) is 33.9 Å². The second-order valence-electron chi connectivity index (χ2n) is 8.88. The van der Waals surface area contributed by atoms with E-state index in [2.05, 4.69) is 24.5 Å². The van der Waals surface area contributed by atoms with Gasteiger partial charge in [0.25, 0.3) is 16.8 Å². The van der Waals surface area contributed by atoms with Gasteiger partial charge in [0, 0.05) is 31.7 Å². The van der Waals surface area contributed by atoms with Crippen LogP contribution < -0.4 is 26.4 Å². The van der Waals surface area contributed by atoms with Crippen LogP contribution in [0.25, 0.3) is 0 Å². The molecular weight excluding hydrogens is 422 g/mol. The monoisotopic (exact) mass is 455 g/mol. The van der Waals surface area contributed by atoms with Crippen LogP contribution >= 0.6 is 0 Å². The number of ether oxygens (including phenoxy) is 1.